The molecule has 0 fully saturated rings. The van der Waals surface area contributed by atoms with Gasteiger partial charge in [-0.05, 0) is 39.0 Å². The summed E-state index contributed by atoms with van der Waals surface area (Å²) in [5.74, 6) is -0.652. The number of esters is 1. The Morgan fingerprint density at radius 1 is 1.44 bits per heavy atom. The fourth-order valence-corrected chi connectivity index (χ4v) is 1.66. The van der Waals surface area contributed by atoms with Crippen LogP contribution in [0.15, 0.2) is 22.7 Å². The molecule has 1 N–H and O–H groups in total. The van der Waals surface area contributed by atoms with E-state index in [1.165, 1.54) is 6.07 Å². The molecule has 100 valence electrons. The van der Waals surface area contributed by atoms with Crippen LogP contribution in [0.2, 0.25) is 0 Å². The van der Waals surface area contributed by atoms with Crippen molar-refractivity contribution in [3.63, 3.8) is 0 Å². The first-order valence-corrected chi connectivity index (χ1v) is 6.48. The van der Waals surface area contributed by atoms with Crippen molar-refractivity contribution in [1.82, 2.24) is 0 Å². The number of ether oxygens (including phenoxy) is 1. The smallest absolute Gasteiger partial charge is 0.308 e. The van der Waals surface area contributed by atoms with Crippen molar-refractivity contribution in [3.05, 3.63) is 28.5 Å². The molecule has 0 aliphatic heterocycles. The predicted molar refractivity (Wildman–Crippen MR) is 73.1 cm³/mol. The van der Waals surface area contributed by atoms with E-state index >= 15 is 0 Å². The summed E-state index contributed by atoms with van der Waals surface area (Å²) < 4.78 is 19.3. The number of nitrogens with one attached hydrogen (secondary N) is 1. The Morgan fingerprint density at radius 2 is 2.11 bits per heavy atom. The summed E-state index contributed by atoms with van der Waals surface area (Å²) in [5, 5.41) is 2.86. The average Bonchev–Trinajstić information content (AvgIpc) is 2.18. The van der Waals surface area contributed by atoms with Crippen LogP contribution in [0.3, 0.4) is 0 Å². The Bertz CT molecular complexity index is 429. The molecule has 3 nitrogen and oxygen atoms in total. The predicted octanol–water partition coefficient (Wildman–Crippen LogP) is 3.73. The van der Waals surface area contributed by atoms with Gasteiger partial charge in [0.2, 0.25) is 0 Å². The number of anilines is 1. The number of carbonyl (C=O) groups is 1. The number of hydrogen-bond acceptors (Lipinski definition) is 3. The van der Waals surface area contributed by atoms with Crippen molar-refractivity contribution in [1.29, 1.82) is 0 Å². The van der Waals surface area contributed by atoms with Crippen LogP contribution in [0.1, 0.15) is 27.2 Å². The lowest BCUT2D eigenvalue weighted by molar-refractivity contribution is -0.154. The van der Waals surface area contributed by atoms with E-state index in [2.05, 4.69) is 21.2 Å². The Morgan fingerprint density at radius 3 is 2.67 bits per heavy atom. The second-order valence-corrected chi connectivity index (χ2v) is 5.80. The molecule has 0 radical (unpaired) electrons. The maximum atomic E-state index is 13.4. The van der Waals surface area contributed by atoms with Crippen molar-refractivity contribution in [3.8, 4) is 0 Å². The zero-order chi connectivity index (χ0) is 13.8. The Labute approximate surface area is 115 Å². The molecule has 1 rings (SSSR count). The largest absolute Gasteiger partial charge is 0.460 e. The average molecular weight is 318 g/mol. The van der Waals surface area contributed by atoms with Crippen molar-refractivity contribution >= 4 is 27.6 Å². The number of carbonyl (C=O) groups excluding carboxylic acids is 1. The molecule has 0 aliphatic carbocycles. The van der Waals surface area contributed by atoms with Gasteiger partial charge in [-0.25, -0.2) is 4.39 Å². The van der Waals surface area contributed by atoms with E-state index in [-0.39, 0.29) is 18.2 Å². The van der Waals surface area contributed by atoms with Crippen molar-refractivity contribution in [2.75, 3.05) is 11.9 Å². The molecule has 0 atom stereocenters. The van der Waals surface area contributed by atoms with Gasteiger partial charge in [-0.3, -0.25) is 4.79 Å². The normalized spacial score (nSPS) is 11.2. The molecule has 0 aromatic heterocycles. The van der Waals surface area contributed by atoms with Gasteiger partial charge in [-0.1, -0.05) is 15.9 Å². The molecule has 0 unspecified atom stereocenters. The third-order valence-corrected chi connectivity index (χ3v) is 2.49. The molecule has 1 aromatic carbocycles. The molecule has 0 saturated heterocycles. The van der Waals surface area contributed by atoms with Crippen LogP contribution in [-0.4, -0.2) is 18.1 Å². The summed E-state index contributed by atoms with van der Waals surface area (Å²) in [5.41, 5.74) is -0.110. The molecule has 0 heterocycles. The molecular formula is C13H17BrFNO2. The van der Waals surface area contributed by atoms with E-state index in [0.717, 1.165) is 0 Å². The van der Waals surface area contributed by atoms with E-state index in [1.807, 2.05) is 20.8 Å². The summed E-state index contributed by atoms with van der Waals surface area (Å²) in [7, 11) is 0. The van der Waals surface area contributed by atoms with E-state index in [4.69, 9.17) is 4.74 Å². The lowest BCUT2D eigenvalue weighted by Gasteiger charge is -2.19. The van der Waals surface area contributed by atoms with E-state index < -0.39 is 5.60 Å². The first kappa shape index (κ1) is 15.0. The quantitative estimate of drug-likeness (QED) is 0.860. The SMILES string of the molecule is CC(C)(C)OC(=O)CCNc1ccc(Br)cc1F. The highest BCUT2D eigenvalue weighted by atomic mass is 79.9. The maximum Gasteiger partial charge on any atom is 0.308 e. The number of benzene rings is 1. The van der Waals surface area contributed by atoms with Gasteiger partial charge in [0.05, 0.1) is 12.1 Å². The molecule has 0 spiro atoms. The monoisotopic (exact) mass is 317 g/mol. The second kappa shape index (κ2) is 6.18. The van der Waals surface area contributed by atoms with Crippen LogP contribution < -0.4 is 5.32 Å². The summed E-state index contributed by atoms with van der Waals surface area (Å²) in [6.45, 7) is 5.78. The van der Waals surface area contributed by atoms with Gasteiger partial charge >= 0.3 is 5.97 Å². The van der Waals surface area contributed by atoms with Gasteiger partial charge in [0.1, 0.15) is 11.4 Å². The fourth-order valence-electron chi connectivity index (χ4n) is 1.32. The minimum absolute atomic E-state index is 0.201. The lowest BCUT2D eigenvalue weighted by atomic mass is 10.2. The Kier molecular flexibility index (Phi) is 5.14. The lowest BCUT2D eigenvalue weighted by Crippen LogP contribution is -2.25. The van der Waals surface area contributed by atoms with Crippen molar-refractivity contribution < 1.29 is 13.9 Å². The Hall–Kier alpha value is -1.10. The summed E-state index contributed by atoms with van der Waals surface area (Å²) >= 11 is 3.18. The first-order valence-electron chi connectivity index (χ1n) is 5.69. The number of hydrogen-bond donors (Lipinski definition) is 1. The van der Waals surface area contributed by atoms with Gasteiger partial charge in [0, 0.05) is 11.0 Å². The fraction of sp³-hybridized carbons (Fsp3) is 0.462. The van der Waals surface area contributed by atoms with Crippen LogP contribution in [-0.2, 0) is 9.53 Å². The highest BCUT2D eigenvalue weighted by molar-refractivity contribution is 9.10. The molecule has 18 heavy (non-hydrogen) atoms. The third kappa shape index (κ3) is 5.49. The molecule has 0 amide bonds. The zero-order valence-electron chi connectivity index (χ0n) is 10.7. The highest BCUT2D eigenvalue weighted by Gasteiger charge is 2.15. The van der Waals surface area contributed by atoms with Crippen LogP contribution in [0.4, 0.5) is 10.1 Å². The van der Waals surface area contributed by atoms with Crippen LogP contribution in [0.5, 0.6) is 0 Å². The Balaban J connectivity index is 2.40. The second-order valence-electron chi connectivity index (χ2n) is 4.89. The van der Waals surface area contributed by atoms with Crippen LogP contribution >= 0.6 is 15.9 Å². The van der Waals surface area contributed by atoms with E-state index in [0.29, 0.717) is 16.7 Å². The van der Waals surface area contributed by atoms with E-state index in [9.17, 15) is 9.18 Å². The minimum atomic E-state index is -0.486. The summed E-state index contributed by atoms with van der Waals surface area (Å²) in [6, 6.07) is 4.73. The first-order chi connectivity index (χ1) is 8.28. The maximum absolute atomic E-state index is 13.4. The van der Waals surface area contributed by atoms with Crippen LogP contribution in [0, 0.1) is 5.82 Å². The zero-order valence-corrected chi connectivity index (χ0v) is 12.3. The molecule has 5 heteroatoms. The molecule has 1 aromatic rings. The summed E-state index contributed by atoms with van der Waals surface area (Å²) in [4.78, 5) is 11.4. The number of halogens is 2. The summed E-state index contributed by atoms with van der Waals surface area (Å²) in [6.07, 6.45) is 0.201. The van der Waals surface area contributed by atoms with Crippen molar-refractivity contribution in [2.45, 2.75) is 32.8 Å². The van der Waals surface area contributed by atoms with Gasteiger partial charge < -0.3 is 10.1 Å². The molecule has 0 aliphatic rings. The van der Waals surface area contributed by atoms with Gasteiger partial charge in [0.15, 0.2) is 0 Å². The highest BCUT2D eigenvalue weighted by Crippen LogP contribution is 2.19. The van der Waals surface area contributed by atoms with E-state index in [1.54, 1.807) is 12.1 Å². The molecular weight excluding hydrogens is 301 g/mol. The standard InChI is InChI=1S/C13H17BrFNO2/c1-13(2,3)18-12(17)6-7-16-11-5-4-9(14)8-10(11)15/h4-5,8,16H,6-7H2,1-3H3. The molecule has 0 saturated carbocycles. The van der Waals surface area contributed by atoms with Gasteiger partial charge in [-0.2, -0.15) is 0 Å². The van der Waals surface area contributed by atoms with Crippen LogP contribution in [0.25, 0.3) is 0 Å². The van der Waals surface area contributed by atoms with Crippen molar-refractivity contribution in [2.24, 2.45) is 0 Å². The number of rotatable bonds is 4. The van der Waals surface area contributed by atoms with Gasteiger partial charge in [0.25, 0.3) is 0 Å². The topological polar surface area (TPSA) is 38.3 Å². The minimum Gasteiger partial charge on any atom is -0.460 e. The third-order valence-electron chi connectivity index (χ3n) is 2.00. The van der Waals surface area contributed by atoms with Gasteiger partial charge in [-0.15, -0.1) is 0 Å². The molecule has 0 bridgehead atoms.